The van der Waals surface area contributed by atoms with Crippen LogP contribution in [0.3, 0.4) is 0 Å². The second-order valence-electron chi connectivity index (χ2n) is 3.93. The number of hydrogen-bond acceptors (Lipinski definition) is 3. The summed E-state index contributed by atoms with van der Waals surface area (Å²) in [6, 6.07) is -0.194. The van der Waals surface area contributed by atoms with Crippen LogP contribution in [-0.4, -0.2) is 37.6 Å². The van der Waals surface area contributed by atoms with E-state index in [9.17, 15) is 8.42 Å². The fourth-order valence-electron chi connectivity index (χ4n) is 1.49. The number of nitrogens with two attached hydrogens (primary N) is 1. The third-order valence-electron chi connectivity index (χ3n) is 2.56. The molecule has 5 heteroatoms. The van der Waals surface area contributed by atoms with E-state index in [1.165, 1.54) is 4.31 Å². The highest BCUT2D eigenvalue weighted by Crippen LogP contribution is 2.14. The van der Waals surface area contributed by atoms with Crippen molar-refractivity contribution in [1.29, 1.82) is 0 Å². The Bertz CT molecular complexity index is 260. The van der Waals surface area contributed by atoms with Crippen molar-refractivity contribution in [2.24, 2.45) is 5.73 Å². The lowest BCUT2D eigenvalue weighted by molar-refractivity contribution is 0.308. The molecule has 14 heavy (non-hydrogen) atoms. The van der Waals surface area contributed by atoms with Gasteiger partial charge in [0, 0.05) is 19.1 Å². The van der Waals surface area contributed by atoms with Gasteiger partial charge in [0.05, 0.1) is 5.75 Å². The summed E-state index contributed by atoms with van der Waals surface area (Å²) in [5.41, 5.74) is 5.76. The van der Waals surface area contributed by atoms with Gasteiger partial charge in [-0.2, -0.15) is 0 Å². The van der Waals surface area contributed by atoms with Crippen LogP contribution in [0.2, 0.25) is 0 Å². The highest BCUT2D eigenvalue weighted by Gasteiger charge is 2.28. The van der Waals surface area contributed by atoms with Gasteiger partial charge in [0.2, 0.25) is 10.0 Å². The molecule has 0 aromatic heterocycles. The highest BCUT2D eigenvalue weighted by molar-refractivity contribution is 7.89. The lowest BCUT2D eigenvalue weighted by atomic mass is 10.2. The SMILES string of the molecule is CCCCC(N)CS(=O)(=O)N1CCC1. The summed E-state index contributed by atoms with van der Waals surface area (Å²) in [7, 11) is -3.04. The van der Waals surface area contributed by atoms with Crippen molar-refractivity contribution in [3.8, 4) is 0 Å². The summed E-state index contributed by atoms with van der Waals surface area (Å²) in [6.45, 7) is 3.45. The molecule has 1 fully saturated rings. The Balaban J connectivity index is 2.34. The van der Waals surface area contributed by atoms with E-state index in [-0.39, 0.29) is 11.8 Å². The van der Waals surface area contributed by atoms with E-state index < -0.39 is 10.0 Å². The largest absolute Gasteiger partial charge is 0.327 e. The maximum atomic E-state index is 11.6. The van der Waals surface area contributed by atoms with Crippen molar-refractivity contribution in [2.75, 3.05) is 18.8 Å². The Hall–Kier alpha value is -0.130. The van der Waals surface area contributed by atoms with E-state index in [4.69, 9.17) is 5.73 Å². The van der Waals surface area contributed by atoms with Crippen molar-refractivity contribution in [2.45, 2.75) is 38.6 Å². The number of sulfonamides is 1. The average molecular weight is 220 g/mol. The number of hydrogen-bond donors (Lipinski definition) is 1. The molecule has 1 unspecified atom stereocenters. The van der Waals surface area contributed by atoms with Crippen molar-refractivity contribution >= 4 is 10.0 Å². The van der Waals surface area contributed by atoms with E-state index in [0.29, 0.717) is 13.1 Å². The van der Waals surface area contributed by atoms with Gasteiger partial charge in [0.15, 0.2) is 0 Å². The molecule has 1 atom stereocenters. The molecule has 0 aromatic rings. The molecular formula is C9H20N2O2S. The zero-order valence-corrected chi connectivity index (χ0v) is 9.59. The maximum Gasteiger partial charge on any atom is 0.215 e. The first-order valence-corrected chi connectivity index (χ1v) is 6.90. The second-order valence-corrected chi connectivity index (χ2v) is 5.95. The van der Waals surface area contributed by atoms with Crippen molar-refractivity contribution < 1.29 is 8.42 Å². The summed E-state index contributed by atoms with van der Waals surface area (Å²) < 4.78 is 24.8. The monoisotopic (exact) mass is 220 g/mol. The smallest absolute Gasteiger partial charge is 0.215 e. The molecule has 0 radical (unpaired) electrons. The van der Waals surface area contributed by atoms with Crippen LogP contribution >= 0.6 is 0 Å². The van der Waals surface area contributed by atoms with Gasteiger partial charge in [-0.15, -0.1) is 0 Å². The van der Waals surface area contributed by atoms with Gasteiger partial charge in [0.25, 0.3) is 0 Å². The third kappa shape index (κ3) is 3.22. The molecule has 0 spiro atoms. The zero-order chi connectivity index (χ0) is 10.6. The summed E-state index contributed by atoms with van der Waals surface area (Å²) in [6.07, 6.45) is 3.88. The summed E-state index contributed by atoms with van der Waals surface area (Å²) in [5.74, 6) is 0.118. The van der Waals surface area contributed by atoms with Crippen molar-refractivity contribution in [1.82, 2.24) is 4.31 Å². The third-order valence-corrected chi connectivity index (χ3v) is 4.56. The minimum Gasteiger partial charge on any atom is -0.327 e. The van der Waals surface area contributed by atoms with E-state index in [2.05, 4.69) is 6.92 Å². The lowest BCUT2D eigenvalue weighted by Crippen LogP contribution is -2.46. The van der Waals surface area contributed by atoms with Crippen LogP contribution in [-0.2, 0) is 10.0 Å². The Morgan fingerprint density at radius 1 is 1.43 bits per heavy atom. The Morgan fingerprint density at radius 2 is 2.07 bits per heavy atom. The van der Waals surface area contributed by atoms with Gasteiger partial charge in [-0.3, -0.25) is 0 Å². The first kappa shape index (κ1) is 11.9. The van der Waals surface area contributed by atoms with Crippen LogP contribution in [0.5, 0.6) is 0 Å². The maximum absolute atomic E-state index is 11.6. The predicted octanol–water partition coefficient (Wildman–Crippen LogP) is 0.539. The normalized spacial score (nSPS) is 20.4. The minimum absolute atomic E-state index is 0.118. The first-order chi connectivity index (χ1) is 6.56. The summed E-state index contributed by atoms with van der Waals surface area (Å²) >= 11 is 0. The van der Waals surface area contributed by atoms with Crippen LogP contribution in [0.1, 0.15) is 32.6 Å². The van der Waals surface area contributed by atoms with Crippen LogP contribution in [0.15, 0.2) is 0 Å². The number of unbranched alkanes of at least 4 members (excludes halogenated alkanes) is 1. The topological polar surface area (TPSA) is 63.4 Å². The predicted molar refractivity (Wildman–Crippen MR) is 57.5 cm³/mol. The molecule has 0 saturated carbocycles. The van der Waals surface area contributed by atoms with Crippen molar-refractivity contribution in [3.05, 3.63) is 0 Å². The molecule has 2 N–H and O–H groups in total. The van der Waals surface area contributed by atoms with Gasteiger partial charge in [-0.1, -0.05) is 19.8 Å². The minimum atomic E-state index is -3.04. The molecular weight excluding hydrogens is 200 g/mol. The Morgan fingerprint density at radius 3 is 2.50 bits per heavy atom. The van der Waals surface area contributed by atoms with E-state index in [0.717, 1.165) is 25.7 Å². The Labute approximate surface area is 86.5 Å². The van der Waals surface area contributed by atoms with Gasteiger partial charge in [0.1, 0.15) is 0 Å². The van der Waals surface area contributed by atoms with Crippen LogP contribution in [0, 0.1) is 0 Å². The molecule has 4 nitrogen and oxygen atoms in total. The lowest BCUT2D eigenvalue weighted by Gasteiger charge is -2.30. The summed E-state index contributed by atoms with van der Waals surface area (Å²) in [4.78, 5) is 0. The highest BCUT2D eigenvalue weighted by atomic mass is 32.2. The van der Waals surface area contributed by atoms with E-state index >= 15 is 0 Å². The molecule has 1 saturated heterocycles. The number of rotatable bonds is 6. The van der Waals surface area contributed by atoms with Gasteiger partial charge >= 0.3 is 0 Å². The van der Waals surface area contributed by atoms with Crippen LogP contribution in [0.25, 0.3) is 0 Å². The molecule has 0 amide bonds. The van der Waals surface area contributed by atoms with Gasteiger partial charge < -0.3 is 5.73 Å². The fraction of sp³-hybridized carbons (Fsp3) is 1.00. The molecule has 0 aliphatic carbocycles. The van der Waals surface area contributed by atoms with Crippen LogP contribution < -0.4 is 5.73 Å². The second kappa shape index (κ2) is 5.09. The van der Waals surface area contributed by atoms with E-state index in [1.54, 1.807) is 0 Å². The Kier molecular flexibility index (Phi) is 4.34. The fourth-order valence-corrected chi connectivity index (χ4v) is 3.22. The summed E-state index contributed by atoms with van der Waals surface area (Å²) in [5, 5.41) is 0. The molecule has 1 rings (SSSR count). The van der Waals surface area contributed by atoms with Gasteiger partial charge in [-0.25, -0.2) is 12.7 Å². The number of nitrogens with zero attached hydrogens (tertiary/aromatic N) is 1. The quantitative estimate of drug-likeness (QED) is 0.710. The standard InChI is InChI=1S/C9H20N2O2S/c1-2-3-5-9(10)8-14(12,13)11-6-4-7-11/h9H,2-8,10H2,1H3. The molecule has 1 aliphatic heterocycles. The van der Waals surface area contributed by atoms with E-state index in [1.807, 2.05) is 0 Å². The molecule has 1 aliphatic rings. The van der Waals surface area contributed by atoms with Crippen LogP contribution in [0.4, 0.5) is 0 Å². The molecule has 1 heterocycles. The first-order valence-electron chi connectivity index (χ1n) is 5.29. The molecule has 0 aromatic carbocycles. The molecule has 0 bridgehead atoms. The zero-order valence-electron chi connectivity index (χ0n) is 8.78. The molecule has 84 valence electrons. The average Bonchev–Trinajstić information content (AvgIpc) is 1.95. The van der Waals surface area contributed by atoms with Gasteiger partial charge in [-0.05, 0) is 12.8 Å². The van der Waals surface area contributed by atoms with Crippen molar-refractivity contribution in [3.63, 3.8) is 0 Å².